The molecule has 0 radical (unpaired) electrons. The lowest BCUT2D eigenvalue weighted by Crippen LogP contribution is -2.06. The molecule has 0 atom stereocenters. The number of halogens is 3. The standard InChI is InChI=1S/C9H7BrFIO2/c1-4-5(9(13)14-2)3-6(11)8(12)7(4)10/h3H,1-2H3. The number of rotatable bonds is 1. The molecule has 0 aliphatic heterocycles. The first-order valence-corrected chi connectivity index (χ1v) is 5.58. The zero-order valence-corrected chi connectivity index (χ0v) is 11.3. The van der Waals surface area contributed by atoms with E-state index in [4.69, 9.17) is 0 Å². The molecule has 0 fully saturated rings. The van der Waals surface area contributed by atoms with Gasteiger partial charge in [-0.05, 0) is 57.1 Å². The monoisotopic (exact) mass is 372 g/mol. The third kappa shape index (κ3) is 2.08. The number of hydrogen-bond donors (Lipinski definition) is 0. The summed E-state index contributed by atoms with van der Waals surface area (Å²) in [5, 5.41) is 0. The normalized spacial score (nSPS) is 10.1. The summed E-state index contributed by atoms with van der Waals surface area (Å²) in [6.45, 7) is 1.73. The molecule has 1 aromatic carbocycles. The Balaban J connectivity index is 3.40. The molecule has 0 aromatic heterocycles. The molecule has 0 amide bonds. The van der Waals surface area contributed by atoms with Gasteiger partial charge in [0.05, 0.1) is 16.2 Å². The maximum atomic E-state index is 13.3. The Labute approximate surface area is 103 Å². The van der Waals surface area contributed by atoms with Gasteiger partial charge < -0.3 is 4.74 Å². The van der Waals surface area contributed by atoms with Crippen molar-refractivity contribution < 1.29 is 13.9 Å². The van der Waals surface area contributed by atoms with Gasteiger partial charge in [0.2, 0.25) is 0 Å². The second-order valence-electron chi connectivity index (χ2n) is 2.65. The minimum atomic E-state index is -0.529. The molecule has 14 heavy (non-hydrogen) atoms. The van der Waals surface area contributed by atoms with Crippen LogP contribution in [0.25, 0.3) is 0 Å². The van der Waals surface area contributed by atoms with Gasteiger partial charge in [-0.3, -0.25) is 0 Å². The van der Waals surface area contributed by atoms with Gasteiger partial charge in [-0.2, -0.15) is 0 Å². The van der Waals surface area contributed by atoms with Gasteiger partial charge in [-0.15, -0.1) is 0 Å². The van der Waals surface area contributed by atoms with Crippen molar-refractivity contribution in [1.82, 2.24) is 0 Å². The average molecular weight is 373 g/mol. The van der Waals surface area contributed by atoms with Crippen molar-refractivity contribution in [1.29, 1.82) is 0 Å². The smallest absolute Gasteiger partial charge is 0.338 e. The Kier molecular flexibility index (Phi) is 3.88. The number of hydrogen-bond acceptors (Lipinski definition) is 2. The minimum absolute atomic E-state index is 0.247. The number of esters is 1. The van der Waals surface area contributed by atoms with Gasteiger partial charge in [-0.25, -0.2) is 9.18 Å². The number of carbonyl (C=O) groups is 1. The van der Waals surface area contributed by atoms with E-state index in [0.717, 1.165) is 0 Å². The van der Waals surface area contributed by atoms with E-state index < -0.39 is 11.8 Å². The minimum Gasteiger partial charge on any atom is -0.465 e. The lowest BCUT2D eigenvalue weighted by atomic mass is 10.1. The predicted octanol–water partition coefficient (Wildman–Crippen LogP) is 3.29. The summed E-state index contributed by atoms with van der Waals surface area (Å²) in [7, 11) is 1.27. The second-order valence-corrected chi connectivity index (χ2v) is 4.52. The largest absolute Gasteiger partial charge is 0.465 e. The van der Waals surface area contributed by atoms with Gasteiger partial charge in [0.1, 0.15) is 5.82 Å². The van der Waals surface area contributed by atoms with Crippen LogP contribution in [0.3, 0.4) is 0 Å². The van der Waals surface area contributed by atoms with E-state index in [1.165, 1.54) is 13.2 Å². The Morgan fingerprint density at radius 3 is 2.71 bits per heavy atom. The Hall–Kier alpha value is -0.170. The third-order valence-electron chi connectivity index (χ3n) is 1.81. The molecule has 1 aromatic rings. The van der Waals surface area contributed by atoms with Crippen LogP contribution in [0.2, 0.25) is 0 Å². The Morgan fingerprint density at radius 2 is 2.21 bits per heavy atom. The van der Waals surface area contributed by atoms with Crippen molar-refractivity contribution in [3.8, 4) is 0 Å². The number of benzene rings is 1. The predicted molar refractivity (Wildman–Crippen MR) is 62.9 cm³/mol. The van der Waals surface area contributed by atoms with Crippen molar-refractivity contribution in [3.05, 3.63) is 31.1 Å². The van der Waals surface area contributed by atoms with Gasteiger partial charge >= 0.3 is 5.97 Å². The lowest BCUT2D eigenvalue weighted by molar-refractivity contribution is 0.0599. The van der Waals surface area contributed by atoms with Crippen LogP contribution in [-0.2, 0) is 4.74 Å². The van der Waals surface area contributed by atoms with E-state index in [-0.39, 0.29) is 5.56 Å². The van der Waals surface area contributed by atoms with E-state index >= 15 is 0 Å². The molecule has 5 heteroatoms. The second kappa shape index (κ2) is 4.57. The molecule has 0 bridgehead atoms. The molecule has 0 saturated carbocycles. The van der Waals surface area contributed by atoms with Crippen LogP contribution in [0, 0.1) is 16.3 Å². The maximum Gasteiger partial charge on any atom is 0.338 e. The zero-order valence-electron chi connectivity index (χ0n) is 7.53. The van der Waals surface area contributed by atoms with Crippen LogP contribution in [0.1, 0.15) is 15.9 Å². The van der Waals surface area contributed by atoms with Crippen molar-refractivity contribution in [2.24, 2.45) is 0 Å². The summed E-state index contributed by atoms with van der Waals surface area (Å²) < 4.78 is 18.9. The number of methoxy groups -OCH3 is 1. The highest BCUT2D eigenvalue weighted by atomic mass is 127. The summed E-state index contributed by atoms with van der Waals surface area (Å²) in [4.78, 5) is 11.2. The summed E-state index contributed by atoms with van der Waals surface area (Å²) in [5.41, 5.74) is 0.931. The molecular formula is C9H7BrFIO2. The van der Waals surface area contributed by atoms with Crippen LogP contribution >= 0.6 is 38.5 Å². The van der Waals surface area contributed by atoms with E-state index in [1.807, 2.05) is 22.6 Å². The first kappa shape index (κ1) is 11.9. The van der Waals surface area contributed by atoms with Gasteiger partial charge in [0, 0.05) is 4.47 Å². The van der Waals surface area contributed by atoms with Gasteiger partial charge in [0.25, 0.3) is 0 Å². The summed E-state index contributed by atoms with van der Waals surface area (Å²) >= 11 is 5.10. The topological polar surface area (TPSA) is 26.3 Å². The van der Waals surface area contributed by atoms with Crippen molar-refractivity contribution in [2.75, 3.05) is 7.11 Å². The fourth-order valence-electron chi connectivity index (χ4n) is 1.01. The number of carbonyl (C=O) groups excluding carboxylic acids is 1. The van der Waals surface area contributed by atoms with Crippen LogP contribution in [0.5, 0.6) is 0 Å². The zero-order chi connectivity index (χ0) is 10.9. The SMILES string of the molecule is COC(=O)c1cc(F)c(I)c(Br)c1C. The molecular weight excluding hydrogens is 366 g/mol. The van der Waals surface area contributed by atoms with Gasteiger partial charge in [-0.1, -0.05) is 0 Å². The molecule has 0 aliphatic carbocycles. The molecule has 1 rings (SSSR count). The lowest BCUT2D eigenvalue weighted by Gasteiger charge is -2.08. The molecule has 0 heterocycles. The van der Waals surface area contributed by atoms with E-state index in [2.05, 4.69) is 20.7 Å². The van der Waals surface area contributed by atoms with E-state index in [9.17, 15) is 9.18 Å². The fourth-order valence-corrected chi connectivity index (χ4v) is 1.97. The molecule has 0 spiro atoms. The highest BCUT2D eigenvalue weighted by molar-refractivity contribution is 14.1. The van der Waals surface area contributed by atoms with Crippen LogP contribution in [-0.4, -0.2) is 13.1 Å². The third-order valence-corrected chi connectivity index (χ3v) is 4.60. The highest BCUT2D eigenvalue weighted by Crippen LogP contribution is 2.28. The molecule has 0 N–H and O–H groups in total. The first-order valence-electron chi connectivity index (χ1n) is 3.71. The number of ether oxygens (including phenoxy) is 1. The van der Waals surface area contributed by atoms with Crippen molar-refractivity contribution in [2.45, 2.75) is 6.92 Å². The molecule has 0 saturated heterocycles. The van der Waals surface area contributed by atoms with Crippen LogP contribution in [0.15, 0.2) is 10.5 Å². The first-order chi connectivity index (χ1) is 6.49. The Morgan fingerprint density at radius 1 is 1.64 bits per heavy atom. The molecule has 76 valence electrons. The van der Waals surface area contributed by atoms with Crippen molar-refractivity contribution in [3.63, 3.8) is 0 Å². The van der Waals surface area contributed by atoms with Crippen molar-refractivity contribution >= 4 is 44.5 Å². The quantitative estimate of drug-likeness (QED) is 0.429. The summed E-state index contributed by atoms with van der Waals surface area (Å²) in [5.74, 6) is -0.957. The maximum absolute atomic E-state index is 13.3. The Bertz CT molecular complexity index is 393. The van der Waals surface area contributed by atoms with Crippen LogP contribution in [0.4, 0.5) is 4.39 Å². The molecule has 0 unspecified atom stereocenters. The summed E-state index contributed by atoms with van der Waals surface area (Å²) in [6.07, 6.45) is 0. The van der Waals surface area contributed by atoms with E-state index in [0.29, 0.717) is 13.6 Å². The molecule has 2 nitrogen and oxygen atoms in total. The highest BCUT2D eigenvalue weighted by Gasteiger charge is 2.16. The van der Waals surface area contributed by atoms with Gasteiger partial charge in [0.15, 0.2) is 0 Å². The fraction of sp³-hybridized carbons (Fsp3) is 0.222. The van der Waals surface area contributed by atoms with E-state index in [1.54, 1.807) is 6.92 Å². The average Bonchev–Trinajstić information content (AvgIpc) is 2.19. The molecule has 0 aliphatic rings. The summed E-state index contributed by atoms with van der Waals surface area (Å²) in [6, 6.07) is 1.19. The van der Waals surface area contributed by atoms with Crippen LogP contribution < -0.4 is 0 Å².